The van der Waals surface area contributed by atoms with Crippen LogP contribution in [0, 0.1) is 6.92 Å². The predicted molar refractivity (Wildman–Crippen MR) is 131 cm³/mol. The molecule has 1 unspecified atom stereocenters. The SMILES string of the molecule is Cc1nc(C(F)(F)F)ccc1C(=O)N1CCCC[C@H]1COc1ccc2c(c1)CN(C1CCC(=O)NC1=O)C2=O. The molecule has 0 aliphatic carbocycles. The zero-order valence-corrected chi connectivity index (χ0v) is 21.2. The zero-order chi connectivity index (χ0) is 27.9. The third kappa shape index (κ3) is 5.32. The summed E-state index contributed by atoms with van der Waals surface area (Å²) in [6, 6.07) is 6.02. The Bertz CT molecular complexity index is 1350. The number of nitrogens with one attached hydrogen (secondary N) is 1. The first-order chi connectivity index (χ1) is 18.5. The minimum Gasteiger partial charge on any atom is -0.491 e. The number of rotatable bonds is 5. The molecule has 0 saturated carbocycles. The number of piperidine rings is 2. The number of aryl methyl sites for hydroxylation is 1. The van der Waals surface area contributed by atoms with E-state index in [2.05, 4.69) is 10.3 Å². The normalized spacial score (nSPS) is 21.6. The Balaban J connectivity index is 1.26. The van der Waals surface area contributed by atoms with E-state index in [9.17, 15) is 32.3 Å². The maximum atomic E-state index is 13.3. The molecule has 9 nitrogen and oxygen atoms in total. The van der Waals surface area contributed by atoms with E-state index in [1.807, 2.05) is 0 Å². The minimum absolute atomic E-state index is 0.0175. The van der Waals surface area contributed by atoms with Crippen molar-refractivity contribution in [1.82, 2.24) is 20.1 Å². The van der Waals surface area contributed by atoms with Crippen LogP contribution in [0.15, 0.2) is 30.3 Å². The minimum atomic E-state index is -4.59. The number of fused-ring (bicyclic) bond motifs is 1. The summed E-state index contributed by atoms with van der Waals surface area (Å²) in [4.78, 5) is 56.6. The van der Waals surface area contributed by atoms with Gasteiger partial charge in [0.05, 0.1) is 17.3 Å². The van der Waals surface area contributed by atoms with Gasteiger partial charge in [-0.15, -0.1) is 0 Å². The number of likely N-dealkylation sites (tertiary alicyclic amines) is 1. The molecule has 1 N–H and O–H groups in total. The second-order valence-corrected chi connectivity index (χ2v) is 10.0. The Kier molecular flexibility index (Phi) is 7.04. The van der Waals surface area contributed by atoms with E-state index in [1.165, 1.54) is 17.9 Å². The fraction of sp³-hybridized carbons (Fsp3) is 0.444. The molecule has 0 bridgehead atoms. The number of benzene rings is 1. The molecule has 2 atom stereocenters. The topological polar surface area (TPSA) is 109 Å². The maximum absolute atomic E-state index is 13.3. The highest BCUT2D eigenvalue weighted by Gasteiger charge is 2.39. The van der Waals surface area contributed by atoms with Crippen molar-refractivity contribution >= 4 is 23.6 Å². The molecule has 0 radical (unpaired) electrons. The van der Waals surface area contributed by atoms with E-state index >= 15 is 0 Å². The van der Waals surface area contributed by atoms with Gasteiger partial charge in [-0.1, -0.05) is 0 Å². The van der Waals surface area contributed by atoms with Gasteiger partial charge in [0, 0.05) is 25.1 Å². The number of imide groups is 1. The summed E-state index contributed by atoms with van der Waals surface area (Å²) in [5.41, 5.74) is 0.266. The van der Waals surface area contributed by atoms with E-state index in [4.69, 9.17) is 4.74 Å². The highest BCUT2D eigenvalue weighted by Crippen LogP contribution is 2.31. The fourth-order valence-electron chi connectivity index (χ4n) is 5.37. The molecule has 1 aromatic carbocycles. The van der Waals surface area contributed by atoms with Crippen LogP contribution in [-0.4, -0.2) is 63.6 Å². The Labute approximate surface area is 222 Å². The number of hydrogen-bond donors (Lipinski definition) is 1. The van der Waals surface area contributed by atoms with Gasteiger partial charge in [-0.3, -0.25) is 24.5 Å². The number of alkyl halides is 3. The summed E-state index contributed by atoms with van der Waals surface area (Å²) in [7, 11) is 0. The van der Waals surface area contributed by atoms with Gasteiger partial charge >= 0.3 is 6.18 Å². The number of nitrogens with zero attached hydrogens (tertiary/aromatic N) is 3. The van der Waals surface area contributed by atoms with Gasteiger partial charge in [0.2, 0.25) is 11.8 Å². The molecule has 3 aliphatic heterocycles. The average Bonchev–Trinajstić information content (AvgIpc) is 3.22. The molecule has 0 spiro atoms. The van der Waals surface area contributed by atoms with Gasteiger partial charge < -0.3 is 14.5 Å². The lowest BCUT2D eigenvalue weighted by Crippen LogP contribution is -2.52. The van der Waals surface area contributed by atoms with Crippen LogP contribution >= 0.6 is 0 Å². The van der Waals surface area contributed by atoms with Crippen LogP contribution in [0.5, 0.6) is 5.75 Å². The molecule has 39 heavy (non-hydrogen) atoms. The van der Waals surface area contributed by atoms with Crippen LogP contribution in [0.3, 0.4) is 0 Å². The predicted octanol–water partition coefficient (Wildman–Crippen LogP) is 3.24. The molecule has 1 aromatic heterocycles. The van der Waals surface area contributed by atoms with Crippen LogP contribution in [0.25, 0.3) is 0 Å². The smallest absolute Gasteiger partial charge is 0.433 e. The number of ether oxygens (including phenoxy) is 1. The monoisotopic (exact) mass is 544 g/mol. The highest BCUT2D eigenvalue weighted by atomic mass is 19.4. The quantitative estimate of drug-likeness (QED) is 0.579. The number of pyridine rings is 1. The summed E-state index contributed by atoms with van der Waals surface area (Å²) >= 11 is 0. The van der Waals surface area contributed by atoms with Crippen LogP contribution in [-0.2, 0) is 22.3 Å². The summed E-state index contributed by atoms with van der Waals surface area (Å²) in [6.07, 6.45) is -1.83. The van der Waals surface area contributed by atoms with Gasteiger partial charge in [0.25, 0.3) is 11.8 Å². The second kappa shape index (κ2) is 10.3. The van der Waals surface area contributed by atoms with E-state index < -0.39 is 23.8 Å². The number of hydrogen-bond acceptors (Lipinski definition) is 6. The molecule has 2 aromatic rings. The first-order valence-electron chi connectivity index (χ1n) is 12.8. The highest BCUT2D eigenvalue weighted by molar-refractivity contribution is 6.05. The maximum Gasteiger partial charge on any atom is 0.433 e. The number of carbonyl (C=O) groups is 4. The first kappa shape index (κ1) is 26.6. The molecule has 5 rings (SSSR count). The van der Waals surface area contributed by atoms with Crippen LogP contribution in [0.2, 0.25) is 0 Å². The van der Waals surface area contributed by atoms with E-state index in [0.717, 1.165) is 18.9 Å². The van der Waals surface area contributed by atoms with E-state index in [-0.39, 0.29) is 61.0 Å². The number of halogens is 3. The molecule has 2 fully saturated rings. The van der Waals surface area contributed by atoms with Crippen molar-refractivity contribution in [2.24, 2.45) is 0 Å². The standard InChI is InChI=1S/C27H27F3N4O5/c1-15-19(7-9-22(31-15)27(28,29)30)25(37)33-11-3-2-4-17(33)14-39-18-5-6-20-16(12-18)13-34(26(20)38)21-8-10-23(35)32-24(21)36/h5-7,9,12,17,21H,2-4,8,10-11,13-14H2,1H3,(H,32,35,36)/t17-,21?/m0/s1. The lowest BCUT2D eigenvalue weighted by atomic mass is 10.0. The molecule has 206 valence electrons. The van der Waals surface area contributed by atoms with E-state index in [1.54, 1.807) is 23.1 Å². The van der Waals surface area contributed by atoms with Gasteiger partial charge in [-0.05, 0) is 68.5 Å². The van der Waals surface area contributed by atoms with Crippen molar-refractivity contribution in [3.63, 3.8) is 0 Å². The molecular weight excluding hydrogens is 517 g/mol. The first-order valence-corrected chi connectivity index (χ1v) is 12.8. The Morgan fingerprint density at radius 1 is 1.13 bits per heavy atom. The van der Waals surface area contributed by atoms with Crippen LogP contribution in [0.1, 0.15) is 69.8 Å². The molecule has 12 heteroatoms. The van der Waals surface area contributed by atoms with Crippen molar-refractivity contribution in [2.45, 2.75) is 63.8 Å². The van der Waals surface area contributed by atoms with Gasteiger partial charge in [0.1, 0.15) is 24.1 Å². The van der Waals surface area contributed by atoms with Gasteiger partial charge in [-0.25, -0.2) is 4.98 Å². The van der Waals surface area contributed by atoms with Crippen LogP contribution < -0.4 is 10.1 Å². The van der Waals surface area contributed by atoms with Gasteiger partial charge in [-0.2, -0.15) is 13.2 Å². The molecule has 4 amide bonds. The lowest BCUT2D eigenvalue weighted by molar-refractivity contribution is -0.141. The third-order valence-corrected chi connectivity index (χ3v) is 7.43. The molecular formula is C27H27F3N4O5. The second-order valence-electron chi connectivity index (χ2n) is 10.0. The van der Waals surface area contributed by atoms with Crippen molar-refractivity contribution in [3.8, 4) is 5.75 Å². The third-order valence-electron chi connectivity index (χ3n) is 7.43. The van der Waals surface area contributed by atoms with Crippen molar-refractivity contribution < 1.29 is 37.1 Å². The largest absolute Gasteiger partial charge is 0.491 e. The summed E-state index contributed by atoms with van der Waals surface area (Å²) < 4.78 is 45.0. The summed E-state index contributed by atoms with van der Waals surface area (Å²) in [5, 5.41) is 2.28. The fourth-order valence-corrected chi connectivity index (χ4v) is 5.37. The Morgan fingerprint density at radius 2 is 1.92 bits per heavy atom. The average molecular weight is 545 g/mol. The zero-order valence-electron chi connectivity index (χ0n) is 21.2. The summed E-state index contributed by atoms with van der Waals surface area (Å²) in [6.45, 7) is 2.23. The van der Waals surface area contributed by atoms with Crippen LogP contribution in [0.4, 0.5) is 13.2 Å². The van der Waals surface area contributed by atoms with Crippen molar-refractivity contribution in [3.05, 3.63) is 58.4 Å². The summed E-state index contributed by atoms with van der Waals surface area (Å²) in [5.74, 6) is -1.00. The lowest BCUT2D eigenvalue weighted by Gasteiger charge is -2.36. The number of aromatic nitrogens is 1. The number of carbonyl (C=O) groups excluding carboxylic acids is 4. The van der Waals surface area contributed by atoms with Gasteiger partial charge in [0.15, 0.2) is 0 Å². The molecule has 4 heterocycles. The molecule has 2 saturated heterocycles. The number of amides is 4. The van der Waals surface area contributed by atoms with E-state index in [0.29, 0.717) is 29.8 Å². The van der Waals surface area contributed by atoms with Crippen molar-refractivity contribution in [1.29, 1.82) is 0 Å². The Morgan fingerprint density at radius 3 is 2.64 bits per heavy atom. The Hall–Kier alpha value is -3.96. The van der Waals surface area contributed by atoms with Crippen molar-refractivity contribution in [2.75, 3.05) is 13.2 Å². The molecule has 3 aliphatic rings.